The highest BCUT2D eigenvalue weighted by Crippen LogP contribution is 2.64. The van der Waals surface area contributed by atoms with E-state index in [4.69, 9.17) is 9.39 Å². The molecule has 0 aromatic carbocycles. The second-order valence-electron chi connectivity index (χ2n) is 10.2. The van der Waals surface area contributed by atoms with Crippen LogP contribution in [-0.4, -0.2) is 59.1 Å². The number of carbonyl (C=O) groups is 2. The third kappa shape index (κ3) is 1.64. The van der Waals surface area contributed by atoms with Crippen molar-refractivity contribution in [1.29, 1.82) is 0 Å². The molecule has 7 heteroatoms. The lowest BCUT2D eigenvalue weighted by Crippen LogP contribution is -2.83. The standard InChI is InChI=1S/C18H28BNO5/c1-10-13-5-11(17(13,2)3)6-14(10)20-7-12(15(21)8-20)16(22)25-19(20,23)18(4)9-24-18/h10-14,23H,5-9H2,1-4H3/t10-,11+,12?,13?,14?,18-,19+,20-/m1/s1. The summed E-state index contributed by atoms with van der Waals surface area (Å²) >= 11 is 0. The van der Waals surface area contributed by atoms with Crippen molar-refractivity contribution in [2.45, 2.75) is 52.1 Å². The van der Waals surface area contributed by atoms with Gasteiger partial charge in [-0.2, -0.15) is 0 Å². The highest BCUT2D eigenvalue weighted by Gasteiger charge is 2.78. The molecule has 6 aliphatic rings. The van der Waals surface area contributed by atoms with Gasteiger partial charge >= 0.3 is 6.69 Å². The van der Waals surface area contributed by atoms with E-state index in [0.717, 1.165) is 6.42 Å². The summed E-state index contributed by atoms with van der Waals surface area (Å²) in [5, 5.41) is 11.7. The van der Waals surface area contributed by atoms with Gasteiger partial charge in [0.25, 0.3) is 5.97 Å². The Labute approximate surface area is 148 Å². The van der Waals surface area contributed by atoms with Crippen LogP contribution in [0.2, 0.25) is 0 Å². The number of hydrogen-bond acceptors (Lipinski definition) is 5. The number of ether oxygens (including phenoxy) is 1. The average molecular weight is 349 g/mol. The van der Waals surface area contributed by atoms with Gasteiger partial charge in [-0.3, -0.25) is 9.59 Å². The normalized spacial score (nSPS) is 58.5. The Bertz CT molecular complexity index is 691. The van der Waals surface area contributed by atoms with Gasteiger partial charge in [-0.1, -0.05) is 27.7 Å². The minimum absolute atomic E-state index is 0.0715. The third-order valence-electron chi connectivity index (χ3n) is 8.99. The fourth-order valence-corrected chi connectivity index (χ4v) is 7.04. The van der Waals surface area contributed by atoms with Gasteiger partial charge in [-0.25, -0.2) is 0 Å². The number of epoxide rings is 1. The predicted octanol–water partition coefficient (Wildman–Crippen LogP) is 0.889. The Kier molecular flexibility index (Phi) is 2.81. The molecule has 0 radical (unpaired) electrons. The second kappa shape index (κ2) is 4.31. The van der Waals surface area contributed by atoms with Crippen molar-refractivity contribution in [2.24, 2.45) is 29.1 Å². The molecule has 3 saturated heterocycles. The summed E-state index contributed by atoms with van der Waals surface area (Å²) in [4.78, 5) is 25.0. The van der Waals surface area contributed by atoms with Crippen LogP contribution in [0.25, 0.3) is 0 Å². The van der Waals surface area contributed by atoms with Gasteiger partial charge in [0.1, 0.15) is 6.54 Å². The van der Waals surface area contributed by atoms with Gasteiger partial charge in [0, 0.05) is 5.92 Å². The van der Waals surface area contributed by atoms with Crippen LogP contribution in [0.4, 0.5) is 0 Å². The Balaban J connectivity index is 1.60. The molecule has 25 heavy (non-hydrogen) atoms. The van der Waals surface area contributed by atoms with Gasteiger partial charge < -0.3 is 18.8 Å². The fraction of sp³-hybridized carbons (Fsp3) is 0.889. The summed E-state index contributed by atoms with van der Waals surface area (Å²) in [5.41, 5.74) is -0.517. The molecule has 6 rings (SSSR count). The highest BCUT2D eigenvalue weighted by atomic mass is 16.7. The minimum atomic E-state index is -2.59. The first-order valence-electron chi connectivity index (χ1n) is 9.68. The number of hydrogen-bond donors (Lipinski definition) is 1. The molecule has 0 amide bonds. The molecular formula is C18H28BNO5. The summed E-state index contributed by atoms with van der Waals surface area (Å²) in [6, 6.07) is 0.157. The van der Waals surface area contributed by atoms with E-state index in [9.17, 15) is 14.6 Å². The van der Waals surface area contributed by atoms with E-state index in [1.54, 1.807) is 0 Å². The summed E-state index contributed by atoms with van der Waals surface area (Å²) in [6.45, 7) is 7.17. The van der Waals surface area contributed by atoms with Crippen LogP contribution in [0.5, 0.6) is 0 Å². The van der Waals surface area contributed by atoms with Crippen molar-refractivity contribution < 1.29 is 28.4 Å². The van der Waals surface area contributed by atoms with Gasteiger partial charge in [0.2, 0.25) is 5.78 Å². The monoisotopic (exact) mass is 349 g/mol. The first-order valence-corrected chi connectivity index (χ1v) is 9.68. The highest BCUT2D eigenvalue weighted by molar-refractivity contribution is 6.65. The van der Waals surface area contributed by atoms with E-state index in [0.29, 0.717) is 36.3 Å². The number of quaternary nitrogens is 1. The van der Waals surface area contributed by atoms with Gasteiger partial charge in [-0.05, 0) is 30.1 Å². The molecule has 3 aliphatic heterocycles. The quantitative estimate of drug-likeness (QED) is 0.455. The first-order chi connectivity index (χ1) is 11.6. The van der Waals surface area contributed by atoms with Crippen LogP contribution < -0.4 is 0 Å². The van der Waals surface area contributed by atoms with Crippen molar-refractivity contribution in [3.8, 4) is 0 Å². The zero-order chi connectivity index (χ0) is 18.0. The fourth-order valence-electron chi connectivity index (χ4n) is 7.04. The number of Topliss-reactive ketones (excluding diaryl/α,β-unsaturated/α-hetero) is 1. The van der Waals surface area contributed by atoms with Crippen molar-refractivity contribution >= 4 is 18.4 Å². The van der Waals surface area contributed by atoms with E-state index in [1.165, 1.54) is 6.42 Å². The number of rotatable bonds is 2. The van der Waals surface area contributed by atoms with Crippen LogP contribution >= 0.6 is 0 Å². The topological polar surface area (TPSA) is 76.1 Å². The lowest BCUT2D eigenvalue weighted by atomic mass is 9.42. The molecule has 8 atom stereocenters. The summed E-state index contributed by atoms with van der Waals surface area (Å²) in [5.74, 6) is 0.277. The largest absolute Gasteiger partial charge is 0.613 e. The molecule has 3 heterocycles. The first kappa shape index (κ1) is 16.3. The molecule has 6 fully saturated rings. The molecule has 1 N–H and O–H groups in total. The molecule has 6 nitrogen and oxygen atoms in total. The maximum Gasteiger partial charge on any atom is 0.558 e. The van der Waals surface area contributed by atoms with E-state index in [1.807, 2.05) is 6.92 Å². The lowest BCUT2D eigenvalue weighted by molar-refractivity contribution is -0.873. The predicted molar refractivity (Wildman–Crippen MR) is 89.9 cm³/mol. The molecule has 3 saturated carbocycles. The van der Waals surface area contributed by atoms with Gasteiger partial charge in [-0.15, -0.1) is 0 Å². The second-order valence-corrected chi connectivity index (χ2v) is 10.2. The minimum Gasteiger partial charge on any atom is -0.613 e. The van der Waals surface area contributed by atoms with E-state index in [2.05, 4.69) is 20.8 Å². The van der Waals surface area contributed by atoms with Crippen LogP contribution in [0.3, 0.4) is 0 Å². The smallest absolute Gasteiger partial charge is 0.558 e. The molecule has 0 aromatic rings. The van der Waals surface area contributed by atoms with Gasteiger partial charge in [0.15, 0.2) is 5.92 Å². The maximum atomic E-state index is 12.6. The summed E-state index contributed by atoms with van der Waals surface area (Å²) in [6.07, 6.45) is 2.23. The number of ketones is 1. The molecule has 3 aliphatic carbocycles. The van der Waals surface area contributed by atoms with Crippen LogP contribution in [0.15, 0.2) is 0 Å². The van der Waals surface area contributed by atoms with Crippen LogP contribution in [0, 0.1) is 29.1 Å². The number of nitrogens with zero attached hydrogens (tertiary/aromatic N) is 1. The van der Waals surface area contributed by atoms with Crippen LogP contribution in [0.1, 0.15) is 40.5 Å². The molecule has 0 aromatic heterocycles. The van der Waals surface area contributed by atoms with Crippen LogP contribution in [-0.2, 0) is 19.0 Å². The Hall–Kier alpha value is -0.915. The Morgan fingerprint density at radius 3 is 2.48 bits per heavy atom. The van der Waals surface area contributed by atoms with E-state index >= 15 is 0 Å². The Morgan fingerprint density at radius 1 is 1.24 bits per heavy atom. The van der Waals surface area contributed by atoms with Crippen molar-refractivity contribution in [3.63, 3.8) is 0 Å². The maximum absolute atomic E-state index is 12.6. The van der Waals surface area contributed by atoms with Gasteiger partial charge in [0.05, 0.1) is 24.7 Å². The summed E-state index contributed by atoms with van der Waals surface area (Å²) < 4.78 is 11.5. The number of fused-ring (bicyclic) bond motifs is 5. The SMILES string of the molecule is C[C@@H]1C2C[C@@H](CC1[N@+]13CC(=O)C(C1)C(=O)O[B@@-]3(O)[C@@]1(C)CO1)C2(C)C. The number of carbonyl (C=O) groups excluding carboxylic acids is 2. The molecular weight excluding hydrogens is 321 g/mol. The molecule has 4 bridgehead atoms. The molecule has 0 spiro atoms. The van der Waals surface area contributed by atoms with E-state index < -0.39 is 24.1 Å². The molecule has 138 valence electrons. The van der Waals surface area contributed by atoms with E-state index in [-0.39, 0.29) is 22.8 Å². The van der Waals surface area contributed by atoms with Crippen molar-refractivity contribution in [1.82, 2.24) is 0 Å². The average Bonchev–Trinajstić information content (AvgIpc) is 3.20. The zero-order valence-electron chi connectivity index (χ0n) is 15.5. The van der Waals surface area contributed by atoms with Crippen molar-refractivity contribution in [3.05, 3.63) is 0 Å². The third-order valence-corrected chi connectivity index (χ3v) is 8.99. The molecule has 3 unspecified atom stereocenters. The zero-order valence-corrected chi connectivity index (χ0v) is 15.5. The lowest BCUT2D eigenvalue weighted by Gasteiger charge is -2.69. The Morgan fingerprint density at radius 2 is 1.92 bits per heavy atom. The van der Waals surface area contributed by atoms with Crippen molar-refractivity contribution in [2.75, 3.05) is 19.7 Å². The summed E-state index contributed by atoms with van der Waals surface area (Å²) in [7, 11) is 0.